The number of aryl methyl sites for hydroxylation is 1. The van der Waals surface area contributed by atoms with Crippen LogP contribution < -0.4 is 10.5 Å². The van der Waals surface area contributed by atoms with Crippen molar-refractivity contribution in [2.24, 2.45) is 5.73 Å². The molecule has 2 aliphatic rings. The molecule has 0 bridgehead atoms. The van der Waals surface area contributed by atoms with E-state index in [-0.39, 0.29) is 23.3 Å². The Morgan fingerprint density at radius 2 is 1.86 bits per heavy atom. The molecule has 28 heavy (non-hydrogen) atoms. The fraction of sp³-hybridized carbons (Fsp3) is 0.579. The normalized spacial score (nSPS) is 19.6. The first-order valence-corrected chi connectivity index (χ1v) is 11.1. The highest BCUT2D eigenvalue weighted by Crippen LogP contribution is 2.35. The number of hydrogen-bond acceptors (Lipinski definition) is 6. The van der Waals surface area contributed by atoms with Crippen LogP contribution in [-0.4, -0.2) is 24.6 Å². The van der Waals surface area contributed by atoms with Crippen molar-refractivity contribution < 1.29 is 12.9 Å². The molecule has 154 valence electrons. The van der Waals surface area contributed by atoms with Crippen molar-refractivity contribution in [2.45, 2.75) is 74.8 Å². The molecular formula is C19H27ClN4O3S. The van der Waals surface area contributed by atoms with Crippen molar-refractivity contribution in [2.75, 3.05) is 0 Å². The van der Waals surface area contributed by atoms with E-state index in [2.05, 4.69) is 14.9 Å². The van der Waals surface area contributed by atoms with Crippen LogP contribution in [-0.2, 0) is 15.6 Å². The molecule has 7 nitrogen and oxygen atoms in total. The van der Waals surface area contributed by atoms with E-state index in [0.29, 0.717) is 22.8 Å². The average molecular weight is 427 g/mol. The summed E-state index contributed by atoms with van der Waals surface area (Å²) < 4.78 is 34.0. The monoisotopic (exact) mass is 426 g/mol. The predicted molar refractivity (Wildman–Crippen MR) is 109 cm³/mol. The Morgan fingerprint density at radius 3 is 2.54 bits per heavy atom. The molecule has 0 amide bonds. The van der Waals surface area contributed by atoms with Crippen LogP contribution in [0.5, 0.6) is 0 Å². The Balaban J connectivity index is 0.00000225. The Hall–Kier alpha value is -1.48. The van der Waals surface area contributed by atoms with Crippen LogP contribution in [0.15, 0.2) is 27.6 Å². The van der Waals surface area contributed by atoms with E-state index in [1.165, 1.54) is 0 Å². The number of aromatic nitrogens is 2. The summed E-state index contributed by atoms with van der Waals surface area (Å²) in [5, 5.41) is 4.07. The maximum Gasteiger partial charge on any atom is 0.258 e. The molecule has 2 aliphatic carbocycles. The van der Waals surface area contributed by atoms with Crippen molar-refractivity contribution in [3.8, 4) is 11.5 Å². The molecule has 4 rings (SSSR count). The molecule has 2 fully saturated rings. The summed E-state index contributed by atoms with van der Waals surface area (Å²) in [6.45, 7) is 1.79. The van der Waals surface area contributed by atoms with E-state index in [9.17, 15) is 8.42 Å². The summed E-state index contributed by atoms with van der Waals surface area (Å²) in [4.78, 5) is 4.73. The predicted octanol–water partition coefficient (Wildman–Crippen LogP) is 3.42. The second kappa shape index (κ2) is 8.10. The summed E-state index contributed by atoms with van der Waals surface area (Å²) >= 11 is 0. The minimum absolute atomic E-state index is 0. The van der Waals surface area contributed by atoms with Gasteiger partial charge in [0.05, 0.1) is 10.4 Å². The number of nitrogens with zero attached hydrogens (tertiary/aromatic N) is 2. The van der Waals surface area contributed by atoms with Crippen molar-refractivity contribution in [1.29, 1.82) is 0 Å². The lowest BCUT2D eigenvalue weighted by Crippen LogP contribution is -2.34. The van der Waals surface area contributed by atoms with Gasteiger partial charge in [-0.3, -0.25) is 0 Å². The molecular weight excluding hydrogens is 400 g/mol. The van der Waals surface area contributed by atoms with Gasteiger partial charge in [0.1, 0.15) is 0 Å². The highest BCUT2D eigenvalue weighted by Gasteiger charge is 2.36. The summed E-state index contributed by atoms with van der Waals surface area (Å²) in [7, 11) is -3.59. The second-order valence-corrected chi connectivity index (χ2v) is 9.55. The van der Waals surface area contributed by atoms with Gasteiger partial charge >= 0.3 is 0 Å². The molecule has 1 heterocycles. The molecule has 1 aromatic carbocycles. The first-order valence-electron chi connectivity index (χ1n) is 9.64. The topological polar surface area (TPSA) is 111 Å². The number of nitrogens with two attached hydrogens (primary N) is 1. The van der Waals surface area contributed by atoms with Gasteiger partial charge in [-0.05, 0) is 50.3 Å². The van der Waals surface area contributed by atoms with Gasteiger partial charge in [0.25, 0.3) is 5.89 Å². The van der Waals surface area contributed by atoms with E-state index >= 15 is 0 Å². The Kier molecular flexibility index (Phi) is 6.14. The number of halogens is 1. The summed E-state index contributed by atoms with van der Waals surface area (Å²) in [6, 6.07) is 5.21. The molecule has 1 aromatic heterocycles. The number of rotatable bonds is 5. The van der Waals surface area contributed by atoms with E-state index in [1.54, 1.807) is 25.1 Å². The molecule has 9 heteroatoms. The molecule has 0 aliphatic heterocycles. The third-order valence-corrected chi connectivity index (χ3v) is 7.43. The molecule has 0 radical (unpaired) electrons. The number of benzene rings is 1. The zero-order valence-corrected chi connectivity index (χ0v) is 17.6. The Morgan fingerprint density at radius 1 is 1.18 bits per heavy atom. The van der Waals surface area contributed by atoms with Crippen LogP contribution >= 0.6 is 12.4 Å². The number of nitrogens with one attached hydrogen (secondary N) is 1. The molecule has 3 N–H and O–H groups in total. The number of hydrogen-bond donors (Lipinski definition) is 2. The molecule has 0 atom stereocenters. The van der Waals surface area contributed by atoms with Crippen LogP contribution in [0.1, 0.15) is 62.8 Å². The van der Waals surface area contributed by atoms with E-state index in [4.69, 9.17) is 10.3 Å². The number of sulfonamides is 1. The minimum atomic E-state index is -3.59. The summed E-state index contributed by atoms with van der Waals surface area (Å²) in [6.07, 6.45) is 7.71. The fourth-order valence-electron chi connectivity index (χ4n) is 4.12. The Bertz CT molecular complexity index is 932. The van der Waals surface area contributed by atoms with Gasteiger partial charge < -0.3 is 10.3 Å². The molecule has 2 saturated carbocycles. The van der Waals surface area contributed by atoms with Gasteiger partial charge in [-0.2, -0.15) is 4.98 Å². The van der Waals surface area contributed by atoms with Crippen molar-refractivity contribution in [3.63, 3.8) is 0 Å². The van der Waals surface area contributed by atoms with E-state index in [0.717, 1.165) is 51.4 Å². The lowest BCUT2D eigenvalue weighted by molar-refractivity contribution is 0.372. The van der Waals surface area contributed by atoms with Crippen LogP contribution in [0.4, 0.5) is 0 Å². The minimum Gasteiger partial charge on any atom is -0.334 e. The van der Waals surface area contributed by atoms with Gasteiger partial charge in [-0.1, -0.05) is 36.9 Å². The van der Waals surface area contributed by atoms with E-state index in [1.807, 2.05) is 0 Å². The highest BCUT2D eigenvalue weighted by molar-refractivity contribution is 7.89. The van der Waals surface area contributed by atoms with Crippen molar-refractivity contribution in [1.82, 2.24) is 14.9 Å². The quantitative estimate of drug-likeness (QED) is 0.757. The standard InChI is InChI=1S/C19H26N4O3S.ClH/c1-13-8-9-14(12-16(13)27(24,25)23-15-6-2-3-7-15)17-21-18(22-26-17)19(20)10-4-5-11-19;/h8-9,12,15,23H,2-7,10-11,20H2,1H3;1H. The maximum atomic E-state index is 12.9. The van der Waals surface area contributed by atoms with Crippen LogP contribution in [0.25, 0.3) is 11.5 Å². The van der Waals surface area contributed by atoms with Crippen molar-refractivity contribution in [3.05, 3.63) is 29.6 Å². The zero-order valence-electron chi connectivity index (χ0n) is 16.0. The Labute approximate surface area is 171 Å². The lowest BCUT2D eigenvalue weighted by Gasteiger charge is -2.17. The molecule has 0 saturated heterocycles. The zero-order chi connectivity index (χ0) is 19.1. The first-order chi connectivity index (χ1) is 12.9. The van der Waals surface area contributed by atoms with E-state index < -0.39 is 15.6 Å². The van der Waals surface area contributed by atoms with Gasteiger partial charge in [0.15, 0.2) is 5.82 Å². The SMILES string of the molecule is Cc1ccc(-c2nc(C3(N)CCCC3)no2)cc1S(=O)(=O)NC1CCCC1.Cl. The second-order valence-electron chi connectivity index (χ2n) is 7.87. The highest BCUT2D eigenvalue weighted by atomic mass is 35.5. The lowest BCUT2D eigenvalue weighted by atomic mass is 9.99. The van der Waals surface area contributed by atoms with Gasteiger partial charge in [0.2, 0.25) is 10.0 Å². The van der Waals surface area contributed by atoms with Crippen LogP contribution in [0, 0.1) is 6.92 Å². The van der Waals surface area contributed by atoms with Crippen LogP contribution in [0.3, 0.4) is 0 Å². The summed E-state index contributed by atoms with van der Waals surface area (Å²) in [5.74, 6) is 0.808. The molecule has 2 aromatic rings. The smallest absolute Gasteiger partial charge is 0.258 e. The maximum absolute atomic E-state index is 12.9. The molecule has 0 spiro atoms. The van der Waals surface area contributed by atoms with Crippen molar-refractivity contribution >= 4 is 22.4 Å². The average Bonchev–Trinajstić information content (AvgIpc) is 3.36. The third kappa shape index (κ3) is 4.10. The van der Waals surface area contributed by atoms with Gasteiger partial charge in [0, 0.05) is 11.6 Å². The molecule has 0 unspecified atom stereocenters. The van der Waals surface area contributed by atoms with Crippen LogP contribution in [0.2, 0.25) is 0 Å². The largest absolute Gasteiger partial charge is 0.334 e. The van der Waals surface area contributed by atoms with Gasteiger partial charge in [-0.15, -0.1) is 12.4 Å². The van der Waals surface area contributed by atoms with Gasteiger partial charge in [-0.25, -0.2) is 13.1 Å². The summed E-state index contributed by atoms with van der Waals surface area (Å²) in [5.41, 5.74) is 7.14. The fourth-order valence-corrected chi connectivity index (χ4v) is 5.70. The first kappa shape index (κ1) is 21.2. The third-order valence-electron chi connectivity index (χ3n) is 5.77.